The van der Waals surface area contributed by atoms with Gasteiger partial charge in [0.05, 0.1) is 16.8 Å². The Labute approximate surface area is 99.8 Å². The quantitative estimate of drug-likeness (QED) is 0.555. The lowest BCUT2D eigenvalue weighted by molar-refractivity contribution is -0.393. The third-order valence-electron chi connectivity index (χ3n) is 0.816. The minimum Gasteiger partial charge on any atom is -0.251 e. The minimum absolute atomic E-state index is 0.215. The van der Waals surface area contributed by atoms with Gasteiger partial charge in [0.2, 0.25) is 0 Å². The van der Waals surface area contributed by atoms with Gasteiger partial charge in [-0.05, 0) is 62.3 Å². The second kappa shape index (κ2) is 6.55. The van der Waals surface area contributed by atoms with Gasteiger partial charge in [-0.3, -0.25) is 5.26 Å². The summed E-state index contributed by atoms with van der Waals surface area (Å²) in [7, 11) is 0. The Morgan fingerprint density at radius 2 is 0.750 bits per heavy atom. The van der Waals surface area contributed by atoms with E-state index in [2.05, 4.69) is 4.89 Å². The van der Waals surface area contributed by atoms with Crippen molar-refractivity contribution in [3.63, 3.8) is 0 Å². The first-order chi connectivity index (χ1) is 6.77. The van der Waals surface area contributed by atoms with Crippen molar-refractivity contribution in [3.8, 4) is 0 Å². The molecule has 0 aromatic rings. The normalized spacial score (nSPS) is 13.1. The second-order valence-corrected chi connectivity index (χ2v) is 6.60. The van der Waals surface area contributed by atoms with Crippen LogP contribution in [0.1, 0.15) is 62.3 Å². The summed E-state index contributed by atoms with van der Waals surface area (Å²) in [5, 5.41) is 7.90. The maximum Gasteiger partial charge on any atom is 0.0952 e. The molecule has 0 atom stereocenters. The first kappa shape index (κ1) is 18.2. The van der Waals surface area contributed by atoms with E-state index in [9.17, 15) is 0 Å². The molecule has 0 aliphatic heterocycles. The topological polar surface area (TPSA) is 47.9 Å². The van der Waals surface area contributed by atoms with E-state index in [0.29, 0.717) is 0 Å². The SMILES string of the molecule is CC(C)(C)OO.CC(C)(C)OOC(C)(C)C. The van der Waals surface area contributed by atoms with Crippen LogP contribution in [0.15, 0.2) is 0 Å². The van der Waals surface area contributed by atoms with E-state index < -0.39 is 5.60 Å². The number of hydrogen-bond acceptors (Lipinski definition) is 4. The molecule has 0 aliphatic carbocycles. The van der Waals surface area contributed by atoms with Crippen LogP contribution < -0.4 is 0 Å². The van der Waals surface area contributed by atoms with Crippen molar-refractivity contribution >= 4 is 0 Å². The average Bonchev–Trinajstić information content (AvgIpc) is 1.98. The summed E-state index contributed by atoms with van der Waals surface area (Å²) >= 11 is 0. The lowest BCUT2D eigenvalue weighted by Crippen LogP contribution is -2.27. The Morgan fingerprint density at radius 3 is 0.812 bits per heavy atom. The van der Waals surface area contributed by atoms with Crippen LogP contribution in [0.4, 0.5) is 0 Å². The van der Waals surface area contributed by atoms with Crippen LogP contribution in [0.2, 0.25) is 0 Å². The third kappa shape index (κ3) is 23.6. The fourth-order valence-electron chi connectivity index (χ4n) is 0.250. The summed E-state index contributed by atoms with van der Waals surface area (Å²) in [6.07, 6.45) is 0. The molecule has 0 unspecified atom stereocenters. The molecule has 0 bridgehead atoms. The number of rotatable bonds is 1. The standard InChI is InChI=1S/C8H18O2.C4H10O2/c1-7(2,3)9-10-8(4,5)6;1-4(2,3)6-5/h1-6H3;5H,1-3H3. The smallest absolute Gasteiger partial charge is 0.0952 e. The van der Waals surface area contributed by atoms with E-state index in [4.69, 9.17) is 15.0 Å². The molecule has 0 saturated carbocycles. The van der Waals surface area contributed by atoms with Crippen LogP contribution in [-0.2, 0) is 14.7 Å². The van der Waals surface area contributed by atoms with Gasteiger partial charge in [-0.15, -0.1) is 0 Å². The van der Waals surface area contributed by atoms with Gasteiger partial charge < -0.3 is 0 Å². The minimum atomic E-state index is -0.403. The Bertz CT molecular complexity index is 155. The van der Waals surface area contributed by atoms with E-state index >= 15 is 0 Å². The highest BCUT2D eigenvalue weighted by atomic mass is 17.2. The summed E-state index contributed by atoms with van der Waals surface area (Å²) in [4.78, 5) is 14.1. The summed E-state index contributed by atoms with van der Waals surface area (Å²) in [6, 6.07) is 0. The molecule has 0 radical (unpaired) electrons. The van der Waals surface area contributed by atoms with Gasteiger partial charge in [-0.25, -0.2) is 14.7 Å². The van der Waals surface area contributed by atoms with Crippen LogP contribution in [-0.4, -0.2) is 22.1 Å². The predicted octanol–water partition coefficient (Wildman–Crippen LogP) is 3.81. The molecule has 0 amide bonds. The fourth-order valence-corrected chi connectivity index (χ4v) is 0.250. The molecule has 0 aromatic heterocycles. The van der Waals surface area contributed by atoms with Crippen LogP contribution in [0, 0.1) is 0 Å². The van der Waals surface area contributed by atoms with E-state index in [1.54, 1.807) is 20.8 Å². The molecule has 4 heteroatoms. The summed E-state index contributed by atoms with van der Waals surface area (Å²) in [5.74, 6) is 0. The molecule has 0 fully saturated rings. The molecule has 0 aliphatic rings. The van der Waals surface area contributed by atoms with Crippen LogP contribution in [0.25, 0.3) is 0 Å². The van der Waals surface area contributed by atoms with Crippen molar-refractivity contribution in [2.45, 2.75) is 79.1 Å². The van der Waals surface area contributed by atoms with Gasteiger partial charge in [0.25, 0.3) is 0 Å². The molecule has 0 spiro atoms. The van der Waals surface area contributed by atoms with Gasteiger partial charge in [0.1, 0.15) is 0 Å². The molecular formula is C12H28O4. The molecule has 0 saturated heterocycles. The van der Waals surface area contributed by atoms with E-state index in [-0.39, 0.29) is 11.2 Å². The van der Waals surface area contributed by atoms with Gasteiger partial charge in [-0.1, -0.05) is 0 Å². The molecule has 16 heavy (non-hydrogen) atoms. The summed E-state index contributed by atoms with van der Waals surface area (Å²) < 4.78 is 0. The molecule has 0 aromatic carbocycles. The lowest BCUT2D eigenvalue weighted by Gasteiger charge is -2.24. The molecular weight excluding hydrogens is 208 g/mol. The average molecular weight is 236 g/mol. The number of hydrogen-bond donors (Lipinski definition) is 1. The first-order valence-corrected chi connectivity index (χ1v) is 5.46. The van der Waals surface area contributed by atoms with Crippen molar-refractivity contribution in [2.24, 2.45) is 0 Å². The third-order valence-corrected chi connectivity index (χ3v) is 0.816. The first-order valence-electron chi connectivity index (χ1n) is 5.46. The van der Waals surface area contributed by atoms with Crippen LogP contribution in [0.5, 0.6) is 0 Å². The van der Waals surface area contributed by atoms with Crippen molar-refractivity contribution in [2.75, 3.05) is 0 Å². The van der Waals surface area contributed by atoms with Gasteiger partial charge in [0.15, 0.2) is 0 Å². The fraction of sp³-hybridized carbons (Fsp3) is 1.00. The maximum atomic E-state index is 7.90. The van der Waals surface area contributed by atoms with Crippen molar-refractivity contribution in [1.29, 1.82) is 0 Å². The monoisotopic (exact) mass is 236 g/mol. The molecule has 4 nitrogen and oxygen atoms in total. The van der Waals surface area contributed by atoms with E-state index in [0.717, 1.165) is 0 Å². The zero-order valence-corrected chi connectivity index (χ0v) is 12.2. The Kier molecular flexibility index (Phi) is 7.45. The highest BCUT2D eigenvalue weighted by molar-refractivity contribution is 4.58. The Hall–Kier alpha value is -0.160. The van der Waals surface area contributed by atoms with Gasteiger partial charge >= 0.3 is 0 Å². The molecule has 0 heterocycles. The summed E-state index contributed by atoms with van der Waals surface area (Å²) in [5.41, 5.74) is -0.833. The van der Waals surface area contributed by atoms with Crippen LogP contribution >= 0.6 is 0 Å². The van der Waals surface area contributed by atoms with Crippen molar-refractivity contribution in [1.82, 2.24) is 0 Å². The second-order valence-electron chi connectivity index (χ2n) is 6.60. The Morgan fingerprint density at radius 1 is 0.562 bits per heavy atom. The van der Waals surface area contributed by atoms with Gasteiger partial charge in [-0.2, -0.15) is 0 Å². The lowest BCUT2D eigenvalue weighted by atomic mass is 10.2. The predicted molar refractivity (Wildman–Crippen MR) is 65.1 cm³/mol. The highest BCUT2D eigenvalue weighted by Crippen LogP contribution is 2.14. The summed E-state index contributed by atoms with van der Waals surface area (Å²) in [6.45, 7) is 17.1. The molecule has 100 valence electrons. The zero-order valence-electron chi connectivity index (χ0n) is 12.2. The largest absolute Gasteiger partial charge is 0.251 e. The van der Waals surface area contributed by atoms with E-state index in [1.165, 1.54) is 0 Å². The zero-order chi connectivity index (χ0) is 13.6. The molecule has 0 rings (SSSR count). The van der Waals surface area contributed by atoms with Crippen molar-refractivity contribution < 1.29 is 19.9 Å². The highest BCUT2D eigenvalue weighted by Gasteiger charge is 2.18. The Balaban J connectivity index is 0. The maximum absolute atomic E-state index is 7.90. The van der Waals surface area contributed by atoms with Crippen molar-refractivity contribution in [3.05, 3.63) is 0 Å². The van der Waals surface area contributed by atoms with Gasteiger partial charge in [0, 0.05) is 0 Å². The van der Waals surface area contributed by atoms with E-state index in [1.807, 2.05) is 41.5 Å². The molecule has 1 N–H and O–H groups in total. The van der Waals surface area contributed by atoms with Crippen LogP contribution in [0.3, 0.4) is 0 Å².